The smallest absolute Gasteiger partial charge is 0.328 e. The first-order valence-electron chi connectivity index (χ1n) is 8.40. The highest BCUT2D eigenvalue weighted by Gasteiger charge is 2.27. The number of hydrogen-bond donors (Lipinski definition) is 3. The lowest BCUT2D eigenvalue weighted by atomic mass is 10.1. The van der Waals surface area contributed by atoms with Crippen molar-refractivity contribution in [3.63, 3.8) is 0 Å². The zero-order valence-electron chi connectivity index (χ0n) is 15.2. The van der Waals surface area contributed by atoms with E-state index in [0.29, 0.717) is 11.8 Å². The predicted molar refractivity (Wildman–Crippen MR) is 94.9 cm³/mol. The molecule has 0 saturated heterocycles. The Bertz CT molecular complexity index is 710. The fraction of sp³-hybridized carbons (Fsp3) is 0.444. The minimum Gasteiger partial charge on any atom is -0.508 e. The number of amides is 1. The summed E-state index contributed by atoms with van der Waals surface area (Å²) in [6.07, 6.45) is -1.41. The van der Waals surface area contributed by atoms with Gasteiger partial charge in [-0.3, -0.25) is 9.59 Å². The highest BCUT2D eigenvalue weighted by atomic mass is 16.5. The average Bonchev–Trinajstić information content (AvgIpc) is 2.59. The van der Waals surface area contributed by atoms with Gasteiger partial charge in [-0.15, -0.1) is 0 Å². The van der Waals surface area contributed by atoms with E-state index in [0.717, 1.165) is 0 Å². The number of carbonyl (C=O) groups excluding carboxylic acids is 3. The summed E-state index contributed by atoms with van der Waals surface area (Å²) in [5, 5.41) is 21.7. The molecular weight excluding hydrogens is 354 g/mol. The van der Waals surface area contributed by atoms with E-state index in [1.54, 1.807) is 26.0 Å². The summed E-state index contributed by atoms with van der Waals surface area (Å²) < 4.78 is 5.06. The number of esters is 1. The molecule has 1 aromatic rings. The summed E-state index contributed by atoms with van der Waals surface area (Å²) in [7, 11) is 0. The molecular formula is C18H23N3O6. The molecule has 1 rings (SSSR count). The Morgan fingerprint density at radius 1 is 1.26 bits per heavy atom. The summed E-state index contributed by atoms with van der Waals surface area (Å²) in [6.45, 7) is 3.28. The third kappa shape index (κ3) is 8.26. The van der Waals surface area contributed by atoms with Crippen molar-refractivity contribution in [2.45, 2.75) is 51.4 Å². The molecule has 0 fully saturated rings. The van der Waals surface area contributed by atoms with E-state index in [4.69, 9.17) is 10.3 Å². The number of aliphatic hydroxyl groups excluding tert-OH is 1. The summed E-state index contributed by atoms with van der Waals surface area (Å²) in [5.74, 6) is -2.00. The highest BCUT2D eigenvalue weighted by Crippen LogP contribution is 2.12. The normalized spacial score (nSPS) is 12.6. The molecule has 0 aromatic heterocycles. The maximum atomic E-state index is 12.2. The molecule has 0 bridgehead atoms. The SMILES string of the molecule is CC(C)OC(=O)[C@H](CCC(=O)C=[N+]=[N-])NC(=O)[C@@H](O)Cc1ccc(O)cc1. The van der Waals surface area contributed by atoms with Crippen LogP contribution in [0.15, 0.2) is 24.3 Å². The molecule has 27 heavy (non-hydrogen) atoms. The van der Waals surface area contributed by atoms with Crippen LogP contribution in [0.25, 0.3) is 5.53 Å². The van der Waals surface area contributed by atoms with Crippen LogP contribution in [-0.4, -0.2) is 57.1 Å². The van der Waals surface area contributed by atoms with E-state index in [1.165, 1.54) is 12.1 Å². The van der Waals surface area contributed by atoms with Crippen LogP contribution in [-0.2, 0) is 25.5 Å². The van der Waals surface area contributed by atoms with Crippen LogP contribution in [0.1, 0.15) is 32.3 Å². The van der Waals surface area contributed by atoms with Gasteiger partial charge in [0.1, 0.15) is 17.9 Å². The number of Topliss-reactive ketones (excluding diaryl/α,β-unsaturated/α-hetero) is 1. The van der Waals surface area contributed by atoms with Crippen molar-refractivity contribution in [2.24, 2.45) is 0 Å². The monoisotopic (exact) mass is 377 g/mol. The largest absolute Gasteiger partial charge is 0.508 e. The van der Waals surface area contributed by atoms with E-state index in [-0.39, 0.29) is 25.0 Å². The first-order valence-corrected chi connectivity index (χ1v) is 8.40. The zero-order chi connectivity index (χ0) is 20.4. The quantitative estimate of drug-likeness (QED) is 0.232. The number of carbonyl (C=O) groups is 3. The van der Waals surface area contributed by atoms with Gasteiger partial charge >= 0.3 is 12.2 Å². The number of hydrogen-bond acceptors (Lipinski definition) is 6. The maximum Gasteiger partial charge on any atom is 0.328 e. The van der Waals surface area contributed by atoms with Crippen LogP contribution in [0.3, 0.4) is 0 Å². The number of nitrogens with one attached hydrogen (secondary N) is 1. The predicted octanol–water partition coefficient (Wildman–Crippen LogP) is 0.382. The Labute approximate surface area is 156 Å². The lowest BCUT2D eigenvalue weighted by Gasteiger charge is -2.20. The molecule has 3 N–H and O–H groups in total. The second kappa shape index (κ2) is 10.8. The Balaban J connectivity index is 2.74. The fourth-order valence-corrected chi connectivity index (χ4v) is 2.19. The van der Waals surface area contributed by atoms with Crippen LogP contribution in [0.5, 0.6) is 5.75 Å². The number of benzene rings is 1. The molecule has 0 heterocycles. The van der Waals surface area contributed by atoms with E-state index in [1.807, 2.05) is 0 Å². The van der Waals surface area contributed by atoms with Crippen molar-refractivity contribution in [2.75, 3.05) is 0 Å². The number of nitrogens with zero attached hydrogens (tertiary/aromatic N) is 2. The highest BCUT2D eigenvalue weighted by molar-refractivity contribution is 6.25. The first-order chi connectivity index (χ1) is 12.7. The van der Waals surface area contributed by atoms with Gasteiger partial charge in [0.05, 0.1) is 6.10 Å². The number of ketones is 1. The van der Waals surface area contributed by atoms with E-state index in [2.05, 4.69) is 10.1 Å². The lowest BCUT2D eigenvalue weighted by Crippen LogP contribution is -2.47. The van der Waals surface area contributed by atoms with E-state index >= 15 is 0 Å². The number of rotatable bonds is 10. The van der Waals surface area contributed by atoms with Crippen LogP contribution < -0.4 is 5.32 Å². The Hall–Kier alpha value is -3.03. The number of phenols is 1. The van der Waals surface area contributed by atoms with E-state index in [9.17, 15) is 24.6 Å². The minimum absolute atomic E-state index is 0.0197. The standard InChI is InChI=1S/C18H23N3O6/c1-11(2)27-18(26)15(8-7-14(23)10-20-19)21-17(25)16(24)9-12-3-5-13(22)6-4-12/h3-6,10-11,15-16,22,24H,7-9H2,1-2H3,(H,21,25)/t15-,16-/m0/s1. The van der Waals surface area contributed by atoms with Crippen LogP contribution in [0.2, 0.25) is 0 Å². The van der Waals surface area contributed by atoms with Crippen molar-refractivity contribution in [1.29, 1.82) is 0 Å². The molecule has 9 nitrogen and oxygen atoms in total. The molecule has 0 spiro atoms. The van der Waals surface area contributed by atoms with Crippen LogP contribution >= 0.6 is 0 Å². The van der Waals surface area contributed by atoms with Gasteiger partial charge in [0.15, 0.2) is 0 Å². The second-order valence-electron chi connectivity index (χ2n) is 6.18. The summed E-state index contributed by atoms with van der Waals surface area (Å²) in [4.78, 5) is 38.4. The summed E-state index contributed by atoms with van der Waals surface area (Å²) >= 11 is 0. The number of ether oxygens (including phenoxy) is 1. The van der Waals surface area contributed by atoms with Crippen LogP contribution in [0, 0.1) is 0 Å². The minimum atomic E-state index is -1.43. The molecule has 0 unspecified atom stereocenters. The zero-order valence-corrected chi connectivity index (χ0v) is 15.2. The van der Waals surface area contributed by atoms with Gasteiger partial charge in [-0.1, -0.05) is 12.1 Å². The van der Waals surface area contributed by atoms with Crippen molar-refractivity contribution in [3.8, 4) is 5.75 Å². The molecule has 0 saturated carbocycles. The van der Waals surface area contributed by atoms with Gasteiger partial charge in [-0.2, -0.15) is 4.79 Å². The van der Waals surface area contributed by atoms with E-state index < -0.39 is 35.9 Å². The molecule has 0 aliphatic rings. The van der Waals surface area contributed by atoms with Gasteiger partial charge < -0.3 is 25.8 Å². The third-order valence-electron chi connectivity index (χ3n) is 3.50. The summed E-state index contributed by atoms with van der Waals surface area (Å²) in [5.41, 5.74) is 8.96. The second-order valence-corrected chi connectivity index (χ2v) is 6.18. The van der Waals surface area contributed by atoms with Crippen molar-refractivity contribution in [1.82, 2.24) is 5.32 Å². The van der Waals surface area contributed by atoms with Crippen molar-refractivity contribution >= 4 is 23.9 Å². The molecule has 9 heteroatoms. The van der Waals surface area contributed by atoms with Gasteiger partial charge in [0.25, 0.3) is 0 Å². The molecule has 1 aromatic carbocycles. The third-order valence-corrected chi connectivity index (χ3v) is 3.50. The summed E-state index contributed by atoms with van der Waals surface area (Å²) in [6, 6.07) is 4.84. The van der Waals surface area contributed by atoms with Crippen LogP contribution in [0.4, 0.5) is 0 Å². The fourth-order valence-electron chi connectivity index (χ4n) is 2.19. The Kier molecular flexibility index (Phi) is 8.84. The van der Waals surface area contributed by atoms with Gasteiger partial charge in [0, 0.05) is 12.8 Å². The molecule has 1 amide bonds. The van der Waals surface area contributed by atoms with Gasteiger partial charge in [0.2, 0.25) is 11.7 Å². The molecule has 146 valence electrons. The molecule has 2 atom stereocenters. The molecule has 0 aliphatic carbocycles. The van der Waals surface area contributed by atoms with Gasteiger partial charge in [-0.05, 0) is 38.0 Å². The first kappa shape index (κ1) is 22.0. The van der Waals surface area contributed by atoms with Gasteiger partial charge in [-0.25, -0.2) is 4.79 Å². The number of phenolic OH excluding ortho intramolecular Hbond substituents is 1. The van der Waals surface area contributed by atoms with Crippen molar-refractivity contribution < 1.29 is 34.1 Å². The number of aromatic hydroxyl groups is 1. The molecule has 0 radical (unpaired) electrons. The maximum absolute atomic E-state index is 12.2. The Morgan fingerprint density at radius 3 is 2.44 bits per heavy atom. The molecule has 0 aliphatic heterocycles. The lowest BCUT2D eigenvalue weighted by molar-refractivity contribution is -0.152. The average molecular weight is 377 g/mol. The number of aliphatic hydroxyl groups is 1. The Morgan fingerprint density at radius 2 is 1.89 bits per heavy atom. The van der Waals surface area contributed by atoms with Crippen molar-refractivity contribution in [3.05, 3.63) is 35.4 Å². The topological polar surface area (TPSA) is 149 Å².